The Balaban J connectivity index is 0.00000125. The molecule has 7 nitrogen and oxygen atoms in total. The first kappa shape index (κ1) is 24.2. The number of piperazine rings is 1. The summed E-state index contributed by atoms with van der Waals surface area (Å²) in [6, 6.07) is 5.35. The zero-order valence-electron chi connectivity index (χ0n) is 17.8. The van der Waals surface area contributed by atoms with Crippen LogP contribution in [0.3, 0.4) is 0 Å². The number of carbonyl (C=O) groups is 2. The van der Waals surface area contributed by atoms with Gasteiger partial charge in [0.25, 0.3) is 5.91 Å². The zero-order valence-corrected chi connectivity index (χ0v) is 17.8. The Bertz CT molecular complexity index is 875. The second kappa shape index (κ2) is 11.9. The molecule has 2 amide bonds. The number of fused-ring (bicyclic) bond motifs is 1. The average molecular weight is 429 g/mol. The predicted molar refractivity (Wildman–Crippen MR) is 125 cm³/mol. The van der Waals surface area contributed by atoms with Crippen molar-refractivity contribution in [2.75, 3.05) is 26.2 Å². The minimum absolute atomic E-state index is 0. The standard InChI is InChI=1S/C21H24N4O3.C2H6.CH4.H2/c26-20(19-14-16-6-3-1-2-4-8-18(16)23-19)24-10-12-25(13-11-24)21(27)28-17-7-5-9-22-15-17;1-2;;/h3,5-7,9,14-15,23H,1-2,4,8,10-13H2;1-2H3;1H4;1H/b6-3-;;;. The van der Waals surface area contributed by atoms with Crippen LogP contribution in [0.5, 0.6) is 5.75 Å². The highest BCUT2D eigenvalue weighted by Gasteiger charge is 2.27. The van der Waals surface area contributed by atoms with Crippen molar-refractivity contribution in [1.82, 2.24) is 19.8 Å². The first-order valence-electron chi connectivity index (χ1n) is 10.8. The topological polar surface area (TPSA) is 78.5 Å². The van der Waals surface area contributed by atoms with Gasteiger partial charge in [0, 0.05) is 39.5 Å². The van der Waals surface area contributed by atoms with Gasteiger partial charge in [0.15, 0.2) is 5.75 Å². The number of allylic oxidation sites excluding steroid dienone is 1. The van der Waals surface area contributed by atoms with Gasteiger partial charge >= 0.3 is 6.09 Å². The third kappa shape index (κ3) is 6.20. The molecule has 0 radical (unpaired) electrons. The highest BCUT2D eigenvalue weighted by Crippen LogP contribution is 2.21. The first-order valence-corrected chi connectivity index (χ1v) is 10.8. The monoisotopic (exact) mass is 428 g/mol. The summed E-state index contributed by atoms with van der Waals surface area (Å²) in [5.41, 5.74) is 2.88. The fourth-order valence-electron chi connectivity index (χ4n) is 3.59. The van der Waals surface area contributed by atoms with Gasteiger partial charge in [-0.05, 0) is 49.4 Å². The molecule has 3 heterocycles. The van der Waals surface area contributed by atoms with Crippen molar-refractivity contribution in [2.45, 2.75) is 47.0 Å². The van der Waals surface area contributed by atoms with E-state index in [4.69, 9.17) is 4.74 Å². The molecule has 0 bridgehead atoms. The van der Waals surface area contributed by atoms with E-state index in [1.54, 1.807) is 28.1 Å². The van der Waals surface area contributed by atoms with Crippen LogP contribution in [0.2, 0.25) is 0 Å². The third-order valence-electron chi connectivity index (χ3n) is 5.17. The lowest BCUT2D eigenvalue weighted by molar-refractivity contribution is 0.0628. The molecule has 1 N–H and O–H groups in total. The van der Waals surface area contributed by atoms with Crippen molar-refractivity contribution >= 4 is 18.1 Å². The largest absolute Gasteiger partial charge is 0.415 e. The highest BCUT2D eigenvalue weighted by atomic mass is 16.6. The second-order valence-corrected chi connectivity index (χ2v) is 7.10. The molecule has 170 valence electrons. The maximum Gasteiger partial charge on any atom is 0.415 e. The molecule has 1 fully saturated rings. The number of aryl methyl sites for hydroxylation is 1. The van der Waals surface area contributed by atoms with Gasteiger partial charge in [0.2, 0.25) is 0 Å². The molecule has 0 saturated carbocycles. The van der Waals surface area contributed by atoms with Crippen LogP contribution < -0.4 is 4.74 Å². The number of aromatic nitrogens is 2. The minimum Gasteiger partial charge on any atom is -0.409 e. The molecule has 1 aliphatic heterocycles. The van der Waals surface area contributed by atoms with Crippen molar-refractivity contribution in [1.29, 1.82) is 0 Å². The molecule has 2 aromatic heterocycles. The van der Waals surface area contributed by atoms with E-state index in [-0.39, 0.29) is 14.8 Å². The quantitative estimate of drug-likeness (QED) is 0.729. The van der Waals surface area contributed by atoms with Crippen LogP contribution in [0, 0.1) is 0 Å². The van der Waals surface area contributed by atoms with Gasteiger partial charge in [-0.25, -0.2) is 4.79 Å². The van der Waals surface area contributed by atoms with E-state index in [1.165, 1.54) is 12.6 Å². The highest BCUT2D eigenvalue weighted by molar-refractivity contribution is 5.93. The van der Waals surface area contributed by atoms with Gasteiger partial charge in [-0.3, -0.25) is 9.78 Å². The SMILES string of the molecule is C.CC.O=C(Oc1cccnc1)N1CCN(C(=O)c2cc3c([nH]2)CCCC/C=C\3)CC1.[HH]. The molecule has 1 aliphatic carbocycles. The number of hydrogen-bond acceptors (Lipinski definition) is 4. The molecule has 0 unspecified atom stereocenters. The Kier molecular flexibility index (Phi) is 9.31. The van der Waals surface area contributed by atoms with Crippen molar-refractivity contribution in [3.8, 4) is 5.75 Å². The fourth-order valence-corrected chi connectivity index (χ4v) is 3.59. The third-order valence-corrected chi connectivity index (χ3v) is 5.17. The van der Waals surface area contributed by atoms with Crippen LogP contribution in [0.25, 0.3) is 6.08 Å². The Labute approximate surface area is 186 Å². The lowest BCUT2D eigenvalue weighted by atomic mass is 10.0. The molecule has 31 heavy (non-hydrogen) atoms. The summed E-state index contributed by atoms with van der Waals surface area (Å²) in [6.45, 7) is 5.87. The summed E-state index contributed by atoms with van der Waals surface area (Å²) in [4.78, 5) is 35.8. The molecular weight excluding hydrogens is 392 g/mol. The van der Waals surface area contributed by atoms with Crippen LogP contribution in [-0.4, -0.2) is 57.9 Å². The van der Waals surface area contributed by atoms with E-state index in [0.717, 1.165) is 30.5 Å². The van der Waals surface area contributed by atoms with Gasteiger partial charge in [0.05, 0.1) is 6.20 Å². The van der Waals surface area contributed by atoms with Crippen LogP contribution in [0.15, 0.2) is 36.7 Å². The maximum atomic E-state index is 12.9. The van der Waals surface area contributed by atoms with Crippen LogP contribution in [-0.2, 0) is 6.42 Å². The van der Waals surface area contributed by atoms with E-state index in [1.807, 2.05) is 19.9 Å². The van der Waals surface area contributed by atoms with E-state index in [9.17, 15) is 9.59 Å². The predicted octanol–water partition coefficient (Wildman–Crippen LogP) is 5.01. The number of aromatic amines is 1. The van der Waals surface area contributed by atoms with Crippen LogP contribution in [0.1, 0.15) is 63.7 Å². The number of ether oxygens (including phenoxy) is 1. The molecule has 0 atom stereocenters. The van der Waals surface area contributed by atoms with Crippen molar-refractivity contribution in [2.24, 2.45) is 0 Å². The lowest BCUT2D eigenvalue weighted by Crippen LogP contribution is -2.51. The minimum atomic E-state index is -0.409. The summed E-state index contributed by atoms with van der Waals surface area (Å²) in [6.07, 6.45) is 11.4. The molecule has 2 aromatic rings. The van der Waals surface area contributed by atoms with E-state index >= 15 is 0 Å². The number of nitrogens with one attached hydrogen (secondary N) is 1. The number of carbonyl (C=O) groups excluding carboxylic acids is 2. The maximum absolute atomic E-state index is 12.9. The number of pyridine rings is 1. The van der Waals surface area contributed by atoms with Gasteiger partial charge in [0.1, 0.15) is 5.69 Å². The molecule has 4 rings (SSSR count). The fraction of sp³-hybridized carbons (Fsp3) is 0.458. The Morgan fingerprint density at radius 2 is 1.87 bits per heavy atom. The molecule has 7 heteroatoms. The van der Waals surface area contributed by atoms with E-state index in [2.05, 4.69) is 22.1 Å². The van der Waals surface area contributed by atoms with Crippen LogP contribution >= 0.6 is 0 Å². The Hall–Kier alpha value is -3.09. The lowest BCUT2D eigenvalue weighted by Gasteiger charge is -2.33. The summed E-state index contributed by atoms with van der Waals surface area (Å²) in [5.74, 6) is 0.406. The summed E-state index contributed by atoms with van der Waals surface area (Å²) in [7, 11) is 0. The number of H-pyrrole nitrogens is 1. The summed E-state index contributed by atoms with van der Waals surface area (Å²) >= 11 is 0. The van der Waals surface area contributed by atoms with Gasteiger partial charge < -0.3 is 19.5 Å². The smallest absolute Gasteiger partial charge is 0.409 e. The van der Waals surface area contributed by atoms with E-state index < -0.39 is 6.09 Å². The summed E-state index contributed by atoms with van der Waals surface area (Å²) in [5, 5.41) is 0. The normalized spacial score (nSPS) is 16.5. The molecule has 1 saturated heterocycles. The molecular formula is C24H36N4O3. The van der Waals surface area contributed by atoms with Crippen molar-refractivity contribution < 1.29 is 15.8 Å². The van der Waals surface area contributed by atoms with Gasteiger partial charge in [-0.1, -0.05) is 33.4 Å². The average Bonchev–Trinajstić information content (AvgIpc) is 3.17. The second-order valence-electron chi connectivity index (χ2n) is 7.10. The van der Waals surface area contributed by atoms with Gasteiger partial charge in [-0.2, -0.15) is 0 Å². The van der Waals surface area contributed by atoms with Crippen molar-refractivity contribution in [3.63, 3.8) is 0 Å². The summed E-state index contributed by atoms with van der Waals surface area (Å²) < 4.78 is 5.32. The Morgan fingerprint density at radius 1 is 1.13 bits per heavy atom. The molecule has 0 aromatic carbocycles. The number of rotatable bonds is 2. The van der Waals surface area contributed by atoms with Gasteiger partial charge in [-0.15, -0.1) is 0 Å². The number of amides is 2. The molecule has 2 aliphatic rings. The number of hydrogen-bond donors (Lipinski definition) is 1. The molecule has 0 spiro atoms. The Morgan fingerprint density at radius 3 is 2.58 bits per heavy atom. The first-order chi connectivity index (χ1) is 14.7. The number of nitrogens with zero attached hydrogens (tertiary/aromatic N) is 3. The zero-order chi connectivity index (χ0) is 21.3. The van der Waals surface area contributed by atoms with Crippen LogP contribution in [0.4, 0.5) is 4.79 Å². The van der Waals surface area contributed by atoms with E-state index in [0.29, 0.717) is 37.6 Å². The van der Waals surface area contributed by atoms with Crippen molar-refractivity contribution in [3.05, 3.63) is 53.6 Å².